The zero-order valence-corrected chi connectivity index (χ0v) is 11.7. The average molecular weight is 279 g/mol. The van der Waals surface area contributed by atoms with E-state index < -0.39 is 0 Å². The number of aromatic nitrogens is 2. The molecule has 0 saturated heterocycles. The molecule has 2 aromatic heterocycles. The highest BCUT2D eigenvalue weighted by molar-refractivity contribution is 7.15. The Morgan fingerprint density at radius 2 is 2.42 bits per heavy atom. The summed E-state index contributed by atoms with van der Waals surface area (Å²) in [5, 5.41) is 3.94. The number of rotatable bonds is 5. The maximum Gasteiger partial charge on any atom is 0.268 e. The Hall–Kier alpha value is -1.24. The lowest BCUT2D eigenvalue weighted by Gasteiger charge is -2.05. The fourth-order valence-electron chi connectivity index (χ4n) is 2.24. The van der Waals surface area contributed by atoms with Crippen molar-refractivity contribution < 1.29 is 9.26 Å². The molecular formula is C13H17N3O2S. The zero-order valence-electron chi connectivity index (χ0n) is 10.9. The minimum absolute atomic E-state index is 0.329. The molecule has 3 rings (SSSR count). The van der Waals surface area contributed by atoms with E-state index in [2.05, 4.69) is 16.2 Å². The summed E-state index contributed by atoms with van der Waals surface area (Å²) in [4.78, 5) is 6.87. The van der Waals surface area contributed by atoms with Gasteiger partial charge in [-0.15, -0.1) is 11.3 Å². The van der Waals surface area contributed by atoms with Crippen molar-refractivity contribution in [2.45, 2.75) is 32.2 Å². The van der Waals surface area contributed by atoms with Crippen molar-refractivity contribution in [2.75, 3.05) is 13.2 Å². The van der Waals surface area contributed by atoms with E-state index in [9.17, 15) is 0 Å². The predicted molar refractivity (Wildman–Crippen MR) is 73.1 cm³/mol. The molecule has 1 unspecified atom stereocenters. The van der Waals surface area contributed by atoms with E-state index in [1.165, 1.54) is 23.3 Å². The minimum Gasteiger partial charge on any atom is -0.380 e. The van der Waals surface area contributed by atoms with Crippen LogP contribution in [0.25, 0.3) is 10.8 Å². The first-order valence-corrected chi connectivity index (χ1v) is 7.38. The normalized spacial score (nSPS) is 15.7. The fourth-order valence-corrected chi connectivity index (χ4v) is 3.41. The maximum atomic E-state index is 5.94. The van der Waals surface area contributed by atoms with Crippen LogP contribution in [0, 0.1) is 0 Å². The molecule has 1 aliphatic rings. The van der Waals surface area contributed by atoms with E-state index in [1.54, 1.807) is 11.3 Å². The van der Waals surface area contributed by atoms with Gasteiger partial charge >= 0.3 is 0 Å². The molecule has 19 heavy (non-hydrogen) atoms. The molecule has 0 aromatic carbocycles. The van der Waals surface area contributed by atoms with Gasteiger partial charge in [-0.05, 0) is 37.8 Å². The summed E-state index contributed by atoms with van der Waals surface area (Å²) in [6, 6.07) is 1.84. The summed E-state index contributed by atoms with van der Waals surface area (Å²) in [5.74, 6) is 1.08. The third-order valence-corrected chi connectivity index (χ3v) is 4.46. The molecule has 2 N–H and O–H groups in total. The Morgan fingerprint density at radius 1 is 1.53 bits per heavy atom. The van der Waals surface area contributed by atoms with E-state index >= 15 is 0 Å². The van der Waals surface area contributed by atoms with Gasteiger partial charge in [0.1, 0.15) is 0 Å². The smallest absolute Gasteiger partial charge is 0.268 e. The summed E-state index contributed by atoms with van der Waals surface area (Å²) in [7, 11) is 0. The SMILES string of the molecule is CCOCC(N)c1noc(-c2cc3c(s2)CCC3)n1. The quantitative estimate of drug-likeness (QED) is 0.909. The Kier molecular flexibility index (Phi) is 3.63. The number of aryl methyl sites for hydroxylation is 2. The van der Waals surface area contributed by atoms with E-state index in [1.807, 2.05) is 6.92 Å². The van der Waals surface area contributed by atoms with Crippen molar-refractivity contribution >= 4 is 11.3 Å². The van der Waals surface area contributed by atoms with Crippen molar-refractivity contribution in [1.82, 2.24) is 10.1 Å². The van der Waals surface area contributed by atoms with Gasteiger partial charge in [0, 0.05) is 11.5 Å². The Bertz CT molecular complexity index is 542. The highest BCUT2D eigenvalue weighted by atomic mass is 32.1. The van der Waals surface area contributed by atoms with Crippen LogP contribution in [-0.4, -0.2) is 23.4 Å². The molecule has 0 aliphatic heterocycles. The van der Waals surface area contributed by atoms with Gasteiger partial charge in [0.2, 0.25) is 0 Å². The molecule has 0 radical (unpaired) electrons. The molecule has 2 aromatic rings. The van der Waals surface area contributed by atoms with Crippen molar-refractivity contribution in [2.24, 2.45) is 5.73 Å². The monoisotopic (exact) mass is 279 g/mol. The second-order valence-corrected chi connectivity index (χ2v) is 5.77. The zero-order chi connectivity index (χ0) is 13.2. The maximum absolute atomic E-state index is 5.94. The van der Waals surface area contributed by atoms with Crippen molar-refractivity contribution in [3.8, 4) is 10.8 Å². The van der Waals surface area contributed by atoms with Crippen molar-refractivity contribution in [1.29, 1.82) is 0 Å². The van der Waals surface area contributed by atoms with E-state index in [0.717, 1.165) is 11.3 Å². The summed E-state index contributed by atoms with van der Waals surface area (Å²) in [6.07, 6.45) is 3.59. The van der Waals surface area contributed by atoms with Crippen LogP contribution in [0.1, 0.15) is 35.7 Å². The number of nitrogens with zero attached hydrogens (tertiary/aromatic N) is 2. The molecule has 102 valence electrons. The fraction of sp³-hybridized carbons (Fsp3) is 0.538. The molecule has 5 nitrogen and oxygen atoms in total. The van der Waals surface area contributed by atoms with Gasteiger partial charge in [-0.25, -0.2) is 0 Å². The second kappa shape index (κ2) is 5.40. The van der Waals surface area contributed by atoms with Gasteiger partial charge in [0.25, 0.3) is 5.89 Å². The van der Waals surface area contributed by atoms with Crippen LogP contribution < -0.4 is 5.73 Å². The van der Waals surface area contributed by atoms with Crippen molar-refractivity contribution in [3.63, 3.8) is 0 Å². The van der Waals surface area contributed by atoms with Gasteiger partial charge in [0.05, 0.1) is 17.5 Å². The van der Waals surface area contributed by atoms with Gasteiger partial charge in [-0.1, -0.05) is 5.16 Å². The highest BCUT2D eigenvalue weighted by Gasteiger charge is 2.20. The largest absolute Gasteiger partial charge is 0.380 e. The van der Waals surface area contributed by atoms with Gasteiger partial charge in [0.15, 0.2) is 5.82 Å². The summed E-state index contributed by atoms with van der Waals surface area (Å²) in [5.41, 5.74) is 7.37. The minimum atomic E-state index is -0.329. The number of thiophene rings is 1. The number of hydrogen-bond acceptors (Lipinski definition) is 6. The Balaban J connectivity index is 1.76. The molecule has 0 saturated carbocycles. The number of fused-ring (bicyclic) bond motifs is 1. The third-order valence-electron chi connectivity index (χ3n) is 3.23. The Morgan fingerprint density at radius 3 is 3.21 bits per heavy atom. The second-order valence-electron chi connectivity index (χ2n) is 4.64. The van der Waals surface area contributed by atoms with Gasteiger partial charge in [-0.3, -0.25) is 0 Å². The average Bonchev–Trinajstić information content (AvgIpc) is 3.08. The van der Waals surface area contributed by atoms with Crippen LogP contribution in [0.3, 0.4) is 0 Å². The molecular weight excluding hydrogens is 262 g/mol. The molecule has 0 bridgehead atoms. The van der Waals surface area contributed by atoms with Crippen LogP contribution >= 0.6 is 11.3 Å². The summed E-state index contributed by atoms with van der Waals surface area (Å²) >= 11 is 1.75. The van der Waals surface area contributed by atoms with E-state index in [0.29, 0.717) is 24.9 Å². The molecule has 6 heteroatoms. The highest BCUT2D eigenvalue weighted by Crippen LogP contribution is 2.35. The van der Waals surface area contributed by atoms with Crippen LogP contribution in [0.4, 0.5) is 0 Å². The van der Waals surface area contributed by atoms with Crippen LogP contribution in [0.5, 0.6) is 0 Å². The van der Waals surface area contributed by atoms with Crippen LogP contribution in [0.2, 0.25) is 0 Å². The number of hydrogen-bond donors (Lipinski definition) is 1. The molecule has 1 atom stereocenters. The van der Waals surface area contributed by atoms with Crippen LogP contribution in [-0.2, 0) is 17.6 Å². The van der Waals surface area contributed by atoms with Gasteiger partial charge < -0.3 is 15.0 Å². The van der Waals surface area contributed by atoms with Crippen LogP contribution in [0.15, 0.2) is 10.6 Å². The topological polar surface area (TPSA) is 74.2 Å². The number of nitrogens with two attached hydrogens (primary N) is 1. The first-order chi connectivity index (χ1) is 9.28. The Labute approximate surface area is 115 Å². The standard InChI is InChI=1S/C13H17N3O2S/c1-2-17-7-9(14)12-15-13(18-16-12)11-6-8-4-3-5-10(8)19-11/h6,9H,2-5,7,14H2,1H3. The summed E-state index contributed by atoms with van der Waals surface area (Å²) in [6.45, 7) is 2.98. The van der Waals surface area contributed by atoms with E-state index in [-0.39, 0.29) is 6.04 Å². The van der Waals surface area contributed by atoms with Gasteiger partial charge in [-0.2, -0.15) is 4.98 Å². The third kappa shape index (κ3) is 2.56. The van der Waals surface area contributed by atoms with Crippen molar-refractivity contribution in [3.05, 3.63) is 22.3 Å². The first kappa shape index (κ1) is 12.8. The molecule has 0 spiro atoms. The predicted octanol–water partition coefficient (Wildman–Crippen LogP) is 2.32. The lowest BCUT2D eigenvalue weighted by molar-refractivity contribution is 0.130. The molecule has 0 fully saturated rings. The summed E-state index contributed by atoms with van der Waals surface area (Å²) < 4.78 is 10.6. The first-order valence-electron chi connectivity index (χ1n) is 6.56. The molecule has 2 heterocycles. The molecule has 1 aliphatic carbocycles. The lowest BCUT2D eigenvalue weighted by Crippen LogP contribution is -2.18. The lowest BCUT2D eigenvalue weighted by atomic mass is 10.2. The van der Waals surface area contributed by atoms with E-state index in [4.69, 9.17) is 15.0 Å². The number of ether oxygens (including phenoxy) is 1. The molecule has 0 amide bonds.